The van der Waals surface area contributed by atoms with E-state index in [0.717, 1.165) is 49.4 Å². The molecular weight excluding hydrogens is 480 g/mol. The SMILES string of the molecule is CC(C)C1COc2c(COc3ccc(CC(C)C4CCc5cccc(O)c54)c4c3C(C(C)C)CC4)cccc21. The lowest BCUT2D eigenvalue weighted by Crippen LogP contribution is -2.12. The number of rotatable bonds is 8. The van der Waals surface area contributed by atoms with E-state index in [2.05, 4.69) is 71.0 Å². The largest absolute Gasteiger partial charge is 0.508 e. The summed E-state index contributed by atoms with van der Waals surface area (Å²) >= 11 is 0. The molecule has 4 unspecified atom stereocenters. The molecule has 3 heteroatoms. The van der Waals surface area contributed by atoms with Gasteiger partial charge in [0.1, 0.15) is 23.9 Å². The Hall–Kier alpha value is -2.94. The average molecular weight is 525 g/mol. The maximum atomic E-state index is 10.6. The van der Waals surface area contributed by atoms with Crippen molar-refractivity contribution in [1.82, 2.24) is 0 Å². The standard InChI is InChI=1S/C36H44O3/c1-21(2)27-15-16-29-25(18-23(5)28-14-12-24-8-7-11-32(37)34(24)28)13-17-33(35(27)29)38-19-26-9-6-10-30-31(22(3)4)20-39-36(26)30/h6-11,13,17,21-23,27-28,31,37H,12,14-16,18-20H2,1-5H3. The molecule has 0 fully saturated rings. The van der Waals surface area contributed by atoms with Crippen molar-refractivity contribution in [3.8, 4) is 17.2 Å². The van der Waals surface area contributed by atoms with Gasteiger partial charge in [-0.25, -0.2) is 0 Å². The number of fused-ring (bicyclic) bond motifs is 3. The van der Waals surface area contributed by atoms with Gasteiger partial charge < -0.3 is 14.6 Å². The van der Waals surface area contributed by atoms with E-state index in [9.17, 15) is 5.11 Å². The van der Waals surface area contributed by atoms with Crippen LogP contribution in [0.5, 0.6) is 17.2 Å². The fourth-order valence-electron chi connectivity index (χ4n) is 7.73. The molecule has 3 nitrogen and oxygen atoms in total. The summed E-state index contributed by atoms with van der Waals surface area (Å²) in [7, 11) is 0. The Balaban J connectivity index is 1.26. The third-order valence-electron chi connectivity index (χ3n) is 9.91. The lowest BCUT2D eigenvalue weighted by molar-refractivity contribution is 0.276. The van der Waals surface area contributed by atoms with Crippen LogP contribution in [0.4, 0.5) is 0 Å². The Bertz CT molecular complexity index is 1350. The summed E-state index contributed by atoms with van der Waals surface area (Å²) in [6.45, 7) is 12.9. The third-order valence-corrected chi connectivity index (χ3v) is 9.91. The maximum Gasteiger partial charge on any atom is 0.129 e. The van der Waals surface area contributed by atoms with Crippen LogP contribution in [0.25, 0.3) is 0 Å². The zero-order valence-electron chi connectivity index (χ0n) is 24.3. The van der Waals surface area contributed by atoms with Crippen LogP contribution in [0, 0.1) is 17.8 Å². The lowest BCUT2D eigenvalue weighted by atomic mass is 9.82. The number of hydrogen-bond acceptors (Lipinski definition) is 3. The molecule has 0 aromatic heterocycles. The topological polar surface area (TPSA) is 38.7 Å². The number of aryl methyl sites for hydroxylation is 1. The van der Waals surface area contributed by atoms with Gasteiger partial charge in [-0.2, -0.15) is 0 Å². The van der Waals surface area contributed by atoms with Gasteiger partial charge in [0, 0.05) is 28.2 Å². The number of aromatic hydroxyl groups is 1. The van der Waals surface area contributed by atoms with Crippen molar-refractivity contribution >= 4 is 0 Å². The summed E-state index contributed by atoms with van der Waals surface area (Å²) in [4.78, 5) is 0. The van der Waals surface area contributed by atoms with Gasteiger partial charge in [0.05, 0.1) is 6.61 Å². The van der Waals surface area contributed by atoms with Crippen LogP contribution in [0.2, 0.25) is 0 Å². The van der Waals surface area contributed by atoms with Gasteiger partial charge in [0.25, 0.3) is 0 Å². The molecule has 3 aromatic carbocycles. The summed E-state index contributed by atoms with van der Waals surface area (Å²) < 4.78 is 12.8. The summed E-state index contributed by atoms with van der Waals surface area (Å²) in [6, 6.07) is 17.1. The van der Waals surface area contributed by atoms with Crippen molar-refractivity contribution < 1.29 is 14.6 Å². The quantitative estimate of drug-likeness (QED) is 0.320. The Morgan fingerprint density at radius 2 is 1.59 bits per heavy atom. The number of para-hydroxylation sites is 1. The van der Waals surface area contributed by atoms with Crippen LogP contribution in [0.3, 0.4) is 0 Å². The van der Waals surface area contributed by atoms with E-state index >= 15 is 0 Å². The van der Waals surface area contributed by atoms with E-state index in [4.69, 9.17) is 9.47 Å². The molecule has 39 heavy (non-hydrogen) atoms. The molecular formula is C36H44O3. The van der Waals surface area contributed by atoms with Gasteiger partial charge in [0.15, 0.2) is 0 Å². The third kappa shape index (κ3) is 4.72. The molecule has 3 aromatic rings. The minimum Gasteiger partial charge on any atom is -0.508 e. The number of hydrogen-bond donors (Lipinski definition) is 1. The first-order valence-corrected chi connectivity index (χ1v) is 15.2. The van der Waals surface area contributed by atoms with Crippen LogP contribution in [0.1, 0.15) is 104 Å². The highest BCUT2D eigenvalue weighted by Crippen LogP contribution is 2.48. The minimum absolute atomic E-state index is 0.421. The van der Waals surface area contributed by atoms with E-state index in [1.54, 1.807) is 0 Å². The molecule has 0 spiro atoms. The summed E-state index contributed by atoms with van der Waals surface area (Å²) in [5.74, 6) is 5.61. The molecule has 0 bridgehead atoms. The normalized spacial score (nSPS) is 22.1. The second kappa shape index (κ2) is 10.6. The Morgan fingerprint density at radius 1 is 0.821 bits per heavy atom. The highest BCUT2D eigenvalue weighted by atomic mass is 16.5. The first-order chi connectivity index (χ1) is 18.8. The summed E-state index contributed by atoms with van der Waals surface area (Å²) in [6.07, 6.45) is 5.57. The van der Waals surface area contributed by atoms with Crippen molar-refractivity contribution in [1.29, 1.82) is 0 Å². The number of benzene rings is 3. The first kappa shape index (κ1) is 26.3. The van der Waals surface area contributed by atoms with Gasteiger partial charge in [0.2, 0.25) is 0 Å². The number of phenolic OH excluding ortho intramolecular Hbond substituents is 1. The van der Waals surface area contributed by atoms with Gasteiger partial charge in [-0.3, -0.25) is 0 Å². The molecule has 0 amide bonds. The van der Waals surface area contributed by atoms with E-state index in [1.807, 2.05) is 12.1 Å². The number of phenols is 1. The Labute approximate surface area is 234 Å². The smallest absolute Gasteiger partial charge is 0.129 e. The molecule has 206 valence electrons. The van der Waals surface area contributed by atoms with Crippen molar-refractivity contribution in [3.05, 3.63) is 87.5 Å². The van der Waals surface area contributed by atoms with Gasteiger partial charge in [-0.1, -0.05) is 71.0 Å². The van der Waals surface area contributed by atoms with E-state index in [0.29, 0.717) is 47.9 Å². The highest BCUT2D eigenvalue weighted by molar-refractivity contribution is 5.52. The van der Waals surface area contributed by atoms with Gasteiger partial charge in [-0.15, -0.1) is 0 Å². The lowest BCUT2D eigenvalue weighted by Gasteiger charge is -2.24. The molecule has 6 rings (SSSR count). The fourth-order valence-corrected chi connectivity index (χ4v) is 7.73. The highest BCUT2D eigenvalue weighted by Gasteiger charge is 2.34. The second-order valence-corrected chi connectivity index (χ2v) is 13.0. The van der Waals surface area contributed by atoms with Crippen LogP contribution >= 0.6 is 0 Å². The molecule has 1 heterocycles. The van der Waals surface area contributed by atoms with Crippen LogP contribution in [-0.2, 0) is 25.9 Å². The van der Waals surface area contributed by atoms with E-state index < -0.39 is 0 Å². The fraction of sp³-hybridized carbons (Fsp3) is 0.500. The van der Waals surface area contributed by atoms with Crippen molar-refractivity contribution in [2.45, 2.75) is 91.1 Å². The van der Waals surface area contributed by atoms with Gasteiger partial charge >= 0.3 is 0 Å². The number of ether oxygens (including phenoxy) is 2. The Morgan fingerprint density at radius 3 is 2.38 bits per heavy atom. The van der Waals surface area contributed by atoms with Crippen LogP contribution in [0.15, 0.2) is 48.5 Å². The van der Waals surface area contributed by atoms with Crippen LogP contribution < -0.4 is 9.47 Å². The monoisotopic (exact) mass is 524 g/mol. The molecule has 4 atom stereocenters. The average Bonchev–Trinajstić information content (AvgIpc) is 3.65. The van der Waals surface area contributed by atoms with Crippen LogP contribution in [-0.4, -0.2) is 11.7 Å². The van der Waals surface area contributed by atoms with Crippen molar-refractivity contribution in [2.75, 3.05) is 6.61 Å². The minimum atomic E-state index is 0.421. The molecule has 0 radical (unpaired) electrons. The molecule has 0 saturated heterocycles. The maximum absolute atomic E-state index is 10.6. The van der Waals surface area contributed by atoms with E-state index in [1.165, 1.54) is 39.8 Å². The zero-order valence-corrected chi connectivity index (χ0v) is 24.3. The van der Waals surface area contributed by atoms with Gasteiger partial charge in [-0.05, 0) is 90.5 Å². The molecule has 2 aliphatic carbocycles. The summed E-state index contributed by atoms with van der Waals surface area (Å²) in [5, 5.41) is 10.6. The van der Waals surface area contributed by atoms with Crippen molar-refractivity contribution in [2.24, 2.45) is 17.8 Å². The molecule has 1 N–H and O–H groups in total. The van der Waals surface area contributed by atoms with Crippen molar-refractivity contribution in [3.63, 3.8) is 0 Å². The molecule has 3 aliphatic rings. The zero-order chi connectivity index (χ0) is 27.3. The predicted molar refractivity (Wildman–Crippen MR) is 158 cm³/mol. The first-order valence-electron chi connectivity index (χ1n) is 15.2. The Kier molecular flexibility index (Phi) is 7.12. The van der Waals surface area contributed by atoms with E-state index in [-0.39, 0.29) is 0 Å². The second-order valence-electron chi connectivity index (χ2n) is 13.0. The summed E-state index contributed by atoms with van der Waals surface area (Å²) in [5.41, 5.74) is 9.44. The predicted octanol–water partition coefficient (Wildman–Crippen LogP) is 8.70. The molecule has 1 aliphatic heterocycles. The molecule has 0 saturated carbocycles.